The SMILES string of the molecule is CC(=O)Nc1cc(-c2sc(-c3nnc[nH]3)c(-c3ccc(Cl)cc3Cl)c2N)ccn1. The van der Waals surface area contributed by atoms with Crippen LogP contribution in [-0.4, -0.2) is 26.1 Å². The molecule has 4 N–H and O–H groups in total. The zero-order valence-electron chi connectivity index (χ0n) is 15.0. The number of pyridine rings is 1. The largest absolute Gasteiger partial charge is 0.397 e. The highest BCUT2D eigenvalue weighted by Crippen LogP contribution is 2.50. The van der Waals surface area contributed by atoms with Crippen LogP contribution in [0.3, 0.4) is 0 Å². The van der Waals surface area contributed by atoms with E-state index < -0.39 is 0 Å². The molecule has 0 aliphatic heterocycles. The van der Waals surface area contributed by atoms with Crippen LogP contribution in [0.2, 0.25) is 10.0 Å². The van der Waals surface area contributed by atoms with Crippen LogP contribution in [0.15, 0.2) is 42.9 Å². The Morgan fingerprint density at radius 3 is 2.72 bits per heavy atom. The second-order valence-electron chi connectivity index (χ2n) is 6.12. The van der Waals surface area contributed by atoms with Gasteiger partial charge in [0.15, 0.2) is 5.82 Å². The number of aromatic amines is 1. The van der Waals surface area contributed by atoms with Crippen molar-refractivity contribution in [3.63, 3.8) is 0 Å². The van der Waals surface area contributed by atoms with E-state index in [0.29, 0.717) is 27.4 Å². The zero-order chi connectivity index (χ0) is 20.5. The van der Waals surface area contributed by atoms with Gasteiger partial charge in [0, 0.05) is 29.3 Å². The monoisotopic (exact) mass is 444 g/mol. The van der Waals surface area contributed by atoms with E-state index in [-0.39, 0.29) is 5.91 Å². The molecular formula is C19H14Cl2N6OS. The summed E-state index contributed by atoms with van der Waals surface area (Å²) in [4.78, 5) is 20.1. The van der Waals surface area contributed by atoms with Crippen molar-refractivity contribution < 1.29 is 4.79 Å². The number of halogens is 2. The molecule has 0 unspecified atom stereocenters. The number of amides is 1. The van der Waals surface area contributed by atoms with Crippen LogP contribution in [0.25, 0.3) is 32.3 Å². The number of nitrogens with one attached hydrogen (secondary N) is 2. The molecule has 0 fully saturated rings. The average molecular weight is 445 g/mol. The number of aromatic nitrogens is 4. The number of carbonyl (C=O) groups excluding carboxylic acids is 1. The first-order valence-corrected chi connectivity index (χ1v) is 9.99. The number of thiophene rings is 1. The number of H-pyrrole nitrogens is 1. The Hall–Kier alpha value is -2.94. The molecule has 0 aliphatic carbocycles. The van der Waals surface area contributed by atoms with Crippen LogP contribution in [0.5, 0.6) is 0 Å². The summed E-state index contributed by atoms with van der Waals surface area (Å²) >= 11 is 14.0. The van der Waals surface area contributed by atoms with Crippen molar-refractivity contribution in [2.75, 3.05) is 11.1 Å². The Balaban J connectivity index is 1.93. The number of nitrogen functional groups attached to an aromatic ring is 1. The maximum absolute atomic E-state index is 11.4. The quantitative estimate of drug-likeness (QED) is 0.405. The van der Waals surface area contributed by atoms with Crippen molar-refractivity contribution in [1.82, 2.24) is 20.2 Å². The van der Waals surface area contributed by atoms with Crippen molar-refractivity contribution in [3.05, 3.63) is 52.9 Å². The molecule has 0 spiro atoms. The number of benzene rings is 1. The summed E-state index contributed by atoms with van der Waals surface area (Å²) in [5.41, 5.74) is 9.40. The van der Waals surface area contributed by atoms with E-state index >= 15 is 0 Å². The second-order valence-corrected chi connectivity index (χ2v) is 7.99. The highest BCUT2D eigenvalue weighted by atomic mass is 35.5. The molecule has 4 aromatic rings. The van der Waals surface area contributed by atoms with Gasteiger partial charge in [0.1, 0.15) is 12.1 Å². The number of nitrogens with two attached hydrogens (primary N) is 1. The van der Waals surface area contributed by atoms with Crippen molar-refractivity contribution in [2.45, 2.75) is 6.92 Å². The minimum absolute atomic E-state index is 0.204. The number of hydrogen-bond acceptors (Lipinski definition) is 6. The Kier molecular flexibility index (Phi) is 5.23. The fraction of sp³-hybridized carbons (Fsp3) is 0.0526. The van der Waals surface area contributed by atoms with Crippen molar-refractivity contribution >= 4 is 52.0 Å². The van der Waals surface area contributed by atoms with Crippen LogP contribution in [-0.2, 0) is 4.79 Å². The summed E-state index contributed by atoms with van der Waals surface area (Å²) in [5, 5.41) is 11.7. The molecule has 0 atom stereocenters. The lowest BCUT2D eigenvalue weighted by Gasteiger charge is -2.08. The number of hydrogen-bond donors (Lipinski definition) is 3. The van der Waals surface area contributed by atoms with Crippen LogP contribution < -0.4 is 11.1 Å². The summed E-state index contributed by atoms with van der Waals surface area (Å²) in [7, 11) is 0. The Labute approximate surface area is 179 Å². The van der Waals surface area contributed by atoms with Gasteiger partial charge >= 0.3 is 0 Å². The Morgan fingerprint density at radius 1 is 1.21 bits per heavy atom. The molecule has 0 saturated heterocycles. The van der Waals surface area contributed by atoms with Crippen LogP contribution in [0, 0.1) is 0 Å². The Morgan fingerprint density at radius 2 is 2.03 bits per heavy atom. The van der Waals surface area contributed by atoms with Gasteiger partial charge < -0.3 is 16.0 Å². The van der Waals surface area contributed by atoms with Crippen molar-refractivity contribution in [1.29, 1.82) is 0 Å². The van der Waals surface area contributed by atoms with Gasteiger partial charge in [-0.3, -0.25) is 4.79 Å². The van der Waals surface area contributed by atoms with Gasteiger partial charge in [-0.2, -0.15) is 0 Å². The number of carbonyl (C=O) groups is 1. The molecule has 0 aliphatic rings. The molecular weight excluding hydrogens is 431 g/mol. The van der Waals surface area contributed by atoms with Crippen LogP contribution >= 0.6 is 34.5 Å². The lowest BCUT2D eigenvalue weighted by molar-refractivity contribution is -0.114. The van der Waals surface area contributed by atoms with Crippen LogP contribution in [0.4, 0.5) is 11.5 Å². The summed E-state index contributed by atoms with van der Waals surface area (Å²) in [5.74, 6) is 0.810. The summed E-state index contributed by atoms with van der Waals surface area (Å²) in [6.07, 6.45) is 3.11. The minimum atomic E-state index is -0.204. The lowest BCUT2D eigenvalue weighted by Crippen LogP contribution is -2.07. The average Bonchev–Trinajstić information content (AvgIpc) is 3.30. The molecule has 10 heteroatoms. The summed E-state index contributed by atoms with van der Waals surface area (Å²) in [6.45, 7) is 1.43. The summed E-state index contributed by atoms with van der Waals surface area (Å²) in [6, 6.07) is 8.83. The van der Waals surface area contributed by atoms with E-state index in [4.69, 9.17) is 28.9 Å². The van der Waals surface area contributed by atoms with Gasteiger partial charge in [0.2, 0.25) is 5.91 Å². The molecule has 0 saturated carbocycles. The molecule has 3 heterocycles. The molecule has 0 bridgehead atoms. The molecule has 7 nitrogen and oxygen atoms in total. The van der Waals surface area contributed by atoms with Gasteiger partial charge in [-0.15, -0.1) is 21.5 Å². The van der Waals surface area contributed by atoms with E-state index in [1.807, 2.05) is 12.1 Å². The molecule has 3 aromatic heterocycles. The topological polar surface area (TPSA) is 110 Å². The zero-order valence-corrected chi connectivity index (χ0v) is 17.4. The van der Waals surface area contributed by atoms with Crippen LogP contribution in [0.1, 0.15) is 6.92 Å². The molecule has 146 valence electrons. The first-order chi connectivity index (χ1) is 13.9. The summed E-state index contributed by atoms with van der Waals surface area (Å²) < 4.78 is 0. The van der Waals surface area contributed by atoms with E-state index in [9.17, 15) is 4.79 Å². The lowest BCUT2D eigenvalue weighted by atomic mass is 10.0. The van der Waals surface area contributed by atoms with Crippen molar-refractivity contribution in [2.24, 2.45) is 0 Å². The third kappa shape index (κ3) is 3.82. The van der Waals surface area contributed by atoms with E-state index in [1.165, 1.54) is 24.6 Å². The molecule has 4 rings (SSSR count). The standard InChI is InChI=1S/C19H14Cl2N6OS/c1-9(28)26-14-6-10(4-5-23-14)17-16(22)15(12-3-2-11(20)7-13(12)21)18(29-17)19-24-8-25-27-19/h2-8H,22H2,1H3,(H,23,26,28)(H,24,25,27). The number of rotatable bonds is 4. The van der Waals surface area contributed by atoms with Crippen molar-refractivity contribution in [3.8, 4) is 32.3 Å². The first kappa shape index (κ1) is 19.4. The highest BCUT2D eigenvalue weighted by Gasteiger charge is 2.23. The second kappa shape index (κ2) is 7.82. The van der Waals surface area contributed by atoms with Gasteiger partial charge in [-0.1, -0.05) is 29.3 Å². The van der Waals surface area contributed by atoms with E-state index in [2.05, 4.69) is 25.5 Å². The predicted molar refractivity (Wildman–Crippen MR) is 117 cm³/mol. The van der Waals surface area contributed by atoms with Gasteiger partial charge in [-0.25, -0.2) is 4.98 Å². The molecule has 29 heavy (non-hydrogen) atoms. The first-order valence-electron chi connectivity index (χ1n) is 8.42. The Bertz CT molecular complexity index is 1210. The fourth-order valence-electron chi connectivity index (χ4n) is 2.92. The number of nitrogens with zero attached hydrogens (tertiary/aromatic N) is 3. The molecule has 1 aromatic carbocycles. The third-order valence-corrected chi connectivity index (χ3v) is 5.91. The highest BCUT2D eigenvalue weighted by molar-refractivity contribution is 7.20. The van der Waals surface area contributed by atoms with Gasteiger partial charge in [0.05, 0.1) is 20.5 Å². The van der Waals surface area contributed by atoms with Gasteiger partial charge in [-0.05, 0) is 29.8 Å². The van der Waals surface area contributed by atoms with Gasteiger partial charge in [0.25, 0.3) is 0 Å². The maximum Gasteiger partial charge on any atom is 0.222 e. The molecule has 0 radical (unpaired) electrons. The maximum atomic E-state index is 11.4. The predicted octanol–water partition coefficient (Wildman–Crippen LogP) is 5.11. The third-order valence-electron chi connectivity index (χ3n) is 4.10. The fourth-order valence-corrected chi connectivity index (χ4v) is 4.60. The minimum Gasteiger partial charge on any atom is -0.397 e. The molecule has 1 amide bonds. The smallest absolute Gasteiger partial charge is 0.222 e. The normalized spacial score (nSPS) is 10.9. The van der Waals surface area contributed by atoms with E-state index in [0.717, 1.165) is 26.4 Å². The van der Waals surface area contributed by atoms with E-state index in [1.54, 1.807) is 24.4 Å². The number of anilines is 2.